The second kappa shape index (κ2) is 8.94. The molecule has 0 aliphatic heterocycles. The normalized spacial score (nSPS) is 13.5. The molecule has 0 N–H and O–H groups in total. The van der Waals surface area contributed by atoms with Gasteiger partial charge in [-0.1, -0.05) is 41.0 Å². The molecule has 8 heteroatoms. The summed E-state index contributed by atoms with van der Waals surface area (Å²) >= 11 is 15.5. The van der Waals surface area contributed by atoms with E-state index < -0.39 is 0 Å². The summed E-state index contributed by atoms with van der Waals surface area (Å²) in [7, 11) is 0. The van der Waals surface area contributed by atoms with Crippen LogP contribution in [0.1, 0.15) is 34.4 Å². The molecule has 3 heterocycles. The molecule has 4 nitrogen and oxygen atoms in total. The molecule has 5 rings (SSSR count). The number of pyridine rings is 1. The van der Waals surface area contributed by atoms with Crippen LogP contribution in [0, 0.1) is 0 Å². The molecular formula is C23H19Cl2N3OS2. The Balaban J connectivity index is 1.58. The predicted molar refractivity (Wildman–Crippen MR) is 130 cm³/mol. The summed E-state index contributed by atoms with van der Waals surface area (Å²) in [5.41, 5.74) is 3.33. The molecule has 0 saturated carbocycles. The zero-order valence-electron chi connectivity index (χ0n) is 16.6. The van der Waals surface area contributed by atoms with Crippen molar-refractivity contribution in [1.82, 2.24) is 14.5 Å². The fraction of sp³-hybridized carbons (Fsp3) is 0.261. The largest absolute Gasteiger partial charge is 0.283 e. The van der Waals surface area contributed by atoms with Gasteiger partial charge in [0.25, 0.3) is 5.56 Å². The van der Waals surface area contributed by atoms with Crippen LogP contribution in [-0.2, 0) is 25.1 Å². The minimum absolute atomic E-state index is 0.0536. The van der Waals surface area contributed by atoms with Gasteiger partial charge < -0.3 is 0 Å². The summed E-state index contributed by atoms with van der Waals surface area (Å²) in [6, 6.07) is 9.49. The first-order valence-corrected chi connectivity index (χ1v) is 12.7. The van der Waals surface area contributed by atoms with Crippen LogP contribution in [0.2, 0.25) is 10.0 Å². The van der Waals surface area contributed by atoms with Gasteiger partial charge in [0, 0.05) is 23.0 Å². The first-order valence-electron chi connectivity index (χ1n) is 10.1. The van der Waals surface area contributed by atoms with E-state index in [0.717, 1.165) is 45.8 Å². The Labute approximate surface area is 198 Å². The lowest BCUT2D eigenvalue weighted by molar-refractivity contribution is 0.655. The van der Waals surface area contributed by atoms with E-state index in [2.05, 4.69) is 4.98 Å². The highest BCUT2D eigenvalue weighted by Gasteiger charge is 2.22. The summed E-state index contributed by atoms with van der Waals surface area (Å²) in [6.07, 6.45) is 7.84. The summed E-state index contributed by atoms with van der Waals surface area (Å²) in [4.78, 5) is 24.9. The lowest BCUT2D eigenvalue weighted by Crippen LogP contribution is -2.24. The highest BCUT2D eigenvalue weighted by Crippen LogP contribution is 2.35. The van der Waals surface area contributed by atoms with Gasteiger partial charge in [0.1, 0.15) is 4.83 Å². The van der Waals surface area contributed by atoms with Gasteiger partial charge in [-0.15, -0.1) is 11.3 Å². The van der Waals surface area contributed by atoms with Crippen LogP contribution in [0.15, 0.2) is 52.7 Å². The van der Waals surface area contributed by atoms with E-state index in [0.29, 0.717) is 22.3 Å². The van der Waals surface area contributed by atoms with E-state index in [1.54, 1.807) is 41.6 Å². The average Bonchev–Trinajstić information content (AvgIpc) is 3.16. The van der Waals surface area contributed by atoms with Crippen LogP contribution in [0.5, 0.6) is 0 Å². The van der Waals surface area contributed by atoms with Crippen LogP contribution in [0.3, 0.4) is 0 Å². The third kappa shape index (κ3) is 4.27. The molecule has 0 bridgehead atoms. The second-order valence-corrected chi connectivity index (χ2v) is 10.4. The van der Waals surface area contributed by atoms with E-state index in [9.17, 15) is 4.79 Å². The van der Waals surface area contributed by atoms with Gasteiger partial charge in [0.2, 0.25) is 0 Å². The molecule has 0 fully saturated rings. The summed E-state index contributed by atoms with van der Waals surface area (Å²) in [5.74, 6) is 0.649. The maximum atomic E-state index is 13.7. The maximum Gasteiger partial charge on any atom is 0.263 e. The van der Waals surface area contributed by atoms with Gasteiger partial charge in [0.05, 0.1) is 22.0 Å². The zero-order chi connectivity index (χ0) is 21.4. The topological polar surface area (TPSA) is 47.8 Å². The Bertz CT molecular complexity index is 1320. The lowest BCUT2D eigenvalue weighted by atomic mass is 9.97. The molecule has 1 aliphatic carbocycles. The molecule has 158 valence electrons. The summed E-state index contributed by atoms with van der Waals surface area (Å²) < 4.78 is 1.81. The van der Waals surface area contributed by atoms with Crippen molar-refractivity contribution in [3.05, 3.63) is 84.7 Å². The highest BCUT2D eigenvalue weighted by molar-refractivity contribution is 7.98. The van der Waals surface area contributed by atoms with Crippen LogP contribution in [0.4, 0.5) is 0 Å². The van der Waals surface area contributed by atoms with Crippen molar-refractivity contribution >= 4 is 56.5 Å². The molecule has 0 atom stereocenters. The lowest BCUT2D eigenvalue weighted by Gasteiger charge is -2.14. The highest BCUT2D eigenvalue weighted by atomic mass is 35.5. The molecule has 0 saturated heterocycles. The van der Waals surface area contributed by atoms with Gasteiger partial charge >= 0.3 is 0 Å². The molecule has 1 aliphatic rings. The molecule has 4 aromatic rings. The number of fused-ring (bicyclic) bond motifs is 3. The molecule has 0 radical (unpaired) electrons. The van der Waals surface area contributed by atoms with Crippen molar-refractivity contribution in [3.63, 3.8) is 0 Å². The van der Waals surface area contributed by atoms with Crippen molar-refractivity contribution < 1.29 is 0 Å². The monoisotopic (exact) mass is 487 g/mol. The molecular weight excluding hydrogens is 469 g/mol. The Morgan fingerprint density at radius 1 is 1.03 bits per heavy atom. The number of hydrogen-bond donors (Lipinski definition) is 0. The third-order valence-electron chi connectivity index (χ3n) is 5.48. The van der Waals surface area contributed by atoms with E-state index >= 15 is 0 Å². The minimum atomic E-state index is 0.0536. The van der Waals surface area contributed by atoms with Crippen molar-refractivity contribution in [1.29, 1.82) is 0 Å². The maximum absolute atomic E-state index is 13.7. The van der Waals surface area contributed by atoms with E-state index in [-0.39, 0.29) is 5.56 Å². The number of halogens is 2. The molecule has 0 spiro atoms. The van der Waals surface area contributed by atoms with Crippen LogP contribution in [0.25, 0.3) is 10.2 Å². The molecule has 31 heavy (non-hydrogen) atoms. The number of aryl methyl sites for hydroxylation is 2. The summed E-state index contributed by atoms with van der Waals surface area (Å²) in [6.45, 7) is 0.471. The first-order chi connectivity index (χ1) is 15.1. The number of nitrogens with zero attached hydrogens (tertiary/aromatic N) is 3. The Hall–Kier alpha value is -1.86. The van der Waals surface area contributed by atoms with E-state index in [1.165, 1.54) is 16.9 Å². The number of thioether (sulfide) groups is 1. The third-order valence-corrected chi connectivity index (χ3v) is 8.45. The predicted octanol–water partition coefficient (Wildman–Crippen LogP) is 6.38. The average molecular weight is 488 g/mol. The van der Waals surface area contributed by atoms with Crippen LogP contribution < -0.4 is 5.56 Å². The number of thiophene rings is 1. The molecule has 0 unspecified atom stereocenters. The zero-order valence-corrected chi connectivity index (χ0v) is 19.8. The van der Waals surface area contributed by atoms with Crippen molar-refractivity contribution in [3.8, 4) is 0 Å². The Morgan fingerprint density at radius 2 is 1.84 bits per heavy atom. The standard InChI is InChI=1S/C23H19Cl2N3OS2/c24-17-6-5-15(11-18(17)25)13-30-23-27-21-20(16-3-1-2-4-19(16)31-21)22(29)28(23)12-14-7-9-26-10-8-14/h5-11H,1-4,12-13H2. The quantitative estimate of drug-likeness (QED) is 0.242. The SMILES string of the molecule is O=c1c2c3c(sc2nc(SCc2ccc(Cl)c(Cl)c2)n1Cc1ccncc1)CCCC3. The van der Waals surface area contributed by atoms with E-state index in [1.807, 2.05) is 28.8 Å². The molecule has 3 aromatic heterocycles. The number of hydrogen-bond acceptors (Lipinski definition) is 5. The fourth-order valence-corrected chi connectivity index (χ4v) is 6.48. The van der Waals surface area contributed by atoms with Crippen molar-refractivity contribution in [2.45, 2.75) is 43.1 Å². The van der Waals surface area contributed by atoms with Gasteiger partial charge in [0.15, 0.2) is 5.16 Å². The minimum Gasteiger partial charge on any atom is -0.283 e. The van der Waals surface area contributed by atoms with Crippen molar-refractivity contribution in [2.24, 2.45) is 0 Å². The number of aromatic nitrogens is 3. The first kappa shape index (κ1) is 21.0. The van der Waals surface area contributed by atoms with Gasteiger partial charge in [-0.25, -0.2) is 4.98 Å². The molecule has 1 aromatic carbocycles. The second-order valence-electron chi connectivity index (χ2n) is 7.57. The summed E-state index contributed by atoms with van der Waals surface area (Å²) in [5, 5.41) is 2.60. The smallest absolute Gasteiger partial charge is 0.263 e. The van der Waals surface area contributed by atoms with Crippen LogP contribution >= 0.6 is 46.3 Å². The Kier molecular flexibility index (Phi) is 6.06. The Morgan fingerprint density at radius 3 is 2.65 bits per heavy atom. The number of rotatable bonds is 5. The van der Waals surface area contributed by atoms with Gasteiger partial charge in [-0.3, -0.25) is 14.3 Å². The van der Waals surface area contributed by atoms with Crippen molar-refractivity contribution in [2.75, 3.05) is 0 Å². The molecule has 0 amide bonds. The van der Waals surface area contributed by atoms with Crippen LogP contribution in [-0.4, -0.2) is 14.5 Å². The van der Waals surface area contributed by atoms with E-state index in [4.69, 9.17) is 28.2 Å². The van der Waals surface area contributed by atoms with Gasteiger partial charge in [-0.2, -0.15) is 0 Å². The fourth-order valence-electron chi connectivity index (χ4n) is 3.92. The number of benzene rings is 1. The van der Waals surface area contributed by atoms with Gasteiger partial charge in [-0.05, 0) is 66.6 Å².